The molecule has 15 heavy (non-hydrogen) atoms. The summed E-state index contributed by atoms with van der Waals surface area (Å²) in [6.45, 7) is 0.721. The minimum absolute atomic E-state index is 0. The Morgan fingerprint density at radius 2 is 2.47 bits per heavy atom. The van der Waals surface area contributed by atoms with Crippen LogP contribution in [0.2, 0.25) is 0 Å². The summed E-state index contributed by atoms with van der Waals surface area (Å²) in [4.78, 5) is 8.40. The zero-order valence-electron chi connectivity index (χ0n) is 8.35. The quantitative estimate of drug-likeness (QED) is 0.495. The van der Waals surface area contributed by atoms with Gasteiger partial charge in [0.1, 0.15) is 0 Å². The Morgan fingerprint density at radius 1 is 1.67 bits per heavy atom. The van der Waals surface area contributed by atoms with Gasteiger partial charge in [-0.3, -0.25) is 4.99 Å². The second-order valence-electron chi connectivity index (χ2n) is 3.36. The first-order valence-electron chi connectivity index (χ1n) is 4.79. The highest BCUT2D eigenvalue weighted by atomic mass is 127. The van der Waals surface area contributed by atoms with Crippen molar-refractivity contribution in [2.24, 2.45) is 10.7 Å². The van der Waals surface area contributed by atoms with Gasteiger partial charge in [-0.25, -0.2) is 4.98 Å². The summed E-state index contributed by atoms with van der Waals surface area (Å²) in [5.74, 6) is 0.573. The SMILES string of the molecule is I.NC(=NCCc1nccs1)NC1CC1. The van der Waals surface area contributed by atoms with Crippen LogP contribution < -0.4 is 11.1 Å². The first-order chi connectivity index (χ1) is 6.84. The highest BCUT2D eigenvalue weighted by Crippen LogP contribution is 2.17. The highest BCUT2D eigenvalue weighted by Gasteiger charge is 2.21. The lowest BCUT2D eigenvalue weighted by Gasteiger charge is -2.01. The maximum Gasteiger partial charge on any atom is 0.188 e. The van der Waals surface area contributed by atoms with Gasteiger partial charge in [-0.15, -0.1) is 35.3 Å². The number of nitrogens with zero attached hydrogens (tertiary/aromatic N) is 2. The van der Waals surface area contributed by atoms with Crippen LogP contribution >= 0.6 is 35.3 Å². The minimum atomic E-state index is 0. The van der Waals surface area contributed by atoms with E-state index in [-0.39, 0.29) is 24.0 Å². The number of aromatic nitrogens is 1. The molecular weight excluding hydrogens is 323 g/mol. The Balaban J connectivity index is 0.00000112. The second kappa shape index (κ2) is 6.26. The molecule has 1 heterocycles. The molecular formula is C9H15IN4S. The third kappa shape index (κ3) is 4.78. The van der Waals surface area contributed by atoms with Gasteiger partial charge >= 0.3 is 0 Å². The van der Waals surface area contributed by atoms with E-state index < -0.39 is 0 Å². The van der Waals surface area contributed by atoms with E-state index in [0.29, 0.717) is 12.0 Å². The normalized spacial score (nSPS) is 15.9. The smallest absolute Gasteiger partial charge is 0.188 e. The Kier molecular flexibility index (Phi) is 5.30. The van der Waals surface area contributed by atoms with Crippen molar-refractivity contribution in [3.8, 4) is 0 Å². The molecule has 84 valence electrons. The van der Waals surface area contributed by atoms with Gasteiger partial charge in [0.2, 0.25) is 0 Å². The molecule has 1 aliphatic rings. The van der Waals surface area contributed by atoms with Gasteiger partial charge in [-0.05, 0) is 12.8 Å². The molecule has 0 unspecified atom stereocenters. The van der Waals surface area contributed by atoms with Gasteiger partial charge in [0.15, 0.2) is 5.96 Å². The van der Waals surface area contributed by atoms with Gasteiger partial charge in [0, 0.05) is 30.6 Å². The van der Waals surface area contributed by atoms with Crippen LogP contribution in [0, 0.1) is 0 Å². The van der Waals surface area contributed by atoms with Crippen molar-refractivity contribution in [2.45, 2.75) is 25.3 Å². The van der Waals surface area contributed by atoms with Crippen LogP contribution in [-0.2, 0) is 6.42 Å². The number of nitrogens with two attached hydrogens (primary N) is 1. The van der Waals surface area contributed by atoms with Crippen molar-refractivity contribution < 1.29 is 0 Å². The minimum Gasteiger partial charge on any atom is -0.370 e. The van der Waals surface area contributed by atoms with Crippen LogP contribution in [0.15, 0.2) is 16.6 Å². The highest BCUT2D eigenvalue weighted by molar-refractivity contribution is 14.0. The molecule has 0 amide bonds. The molecule has 0 radical (unpaired) electrons. The molecule has 0 aromatic carbocycles. The van der Waals surface area contributed by atoms with Crippen LogP contribution in [-0.4, -0.2) is 23.5 Å². The van der Waals surface area contributed by atoms with E-state index in [9.17, 15) is 0 Å². The van der Waals surface area contributed by atoms with E-state index in [0.717, 1.165) is 18.0 Å². The van der Waals surface area contributed by atoms with Gasteiger partial charge in [0.25, 0.3) is 0 Å². The number of guanidine groups is 1. The lowest BCUT2D eigenvalue weighted by molar-refractivity contribution is 0.868. The van der Waals surface area contributed by atoms with E-state index in [1.807, 2.05) is 11.6 Å². The summed E-state index contributed by atoms with van der Waals surface area (Å²) < 4.78 is 0. The fraction of sp³-hybridized carbons (Fsp3) is 0.556. The third-order valence-electron chi connectivity index (χ3n) is 2.02. The van der Waals surface area contributed by atoms with Crippen molar-refractivity contribution in [3.05, 3.63) is 16.6 Å². The lowest BCUT2D eigenvalue weighted by atomic mass is 10.4. The van der Waals surface area contributed by atoms with E-state index in [2.05, 4.69) is 15.3 Å². The number of thiazole rings is 1. The first kappa shape index (κ1) is 12.7. The van der Waals surface area contributed by atoms with Crippen molar-refractivity contribution in [1.29, 1.82) is 0 Å². The van der Waals surface area contributed by atoms with Gasteiger partial charge in [-0.1, -0.05) is 0 Å². The molecule has 1 aliphatic carbocycles. The summed E-state index contributed by atoms with van der Waals surface area (Å²) in [5, 5.41) is 6.24. The van der Waals surface area contributed by atoms with Crippen LogP contribution in [0.3, 0.4) is 0 Å². The third-order valence-corrected chi connectivity index (χ3v) is 2.86. The maximum absolute atomic E-state index is 5.68. The standard InChI is InChI=1S/C9H14N4S.HI/c10-9(13-7-1-2-7)12-4-3-8-11-5-6-14-8;/h5-7H,1-4H2,(H3,10,12,13);1H. The van der Waals surface area contributed by atoms with Crippen LogP contribution in [0.5, 0.6) is 0 Å². The largest absolute Gasteiger partial charge is 0.370 e. The number of hydrogen-bond donors (Lipinski definition) is 2. The van der Waals surface area contributed by atoms with Gasteiger partial charge in [-0.2, -0.15) is 0 Å². The Bertz CT molecular complexity index is 308. The molecule has 1 saturated carbocycles. The Morgan fingerprint density at radius 3 is 3.07 bits per heavy atom. The molecule has 0 atom stereocenters. The molecule has 1 aromatic heterocycles. The van der Waals surface area contributed by atoms with Crippen LogP contribution in [0.25, 0.3) is 0 Å². The first-order valence-corrected chi connectivity index (χ1v) is 5.67. The zero-order chi connectivity index (χ0) is 9.80. The Hall–Kier alpha value is -0.370. The lowest BCUT2D eigenvalue weighted by Crippen LogP contribution is -2.33. The predicted molar refractivity (Wildman–Crippen MR) is 73.9 cm³/mol. The van der Waals surface area contributed by atoms with Crippen molar-refractivity contribution in [2.75, 3.05) is 6.54 Å². The van der Waals surface area contributed by atoms with E-state index in [1.165, 1.54) is 12.8 Å². The van der Waals surface area contributed by atoms with Crippen LogP contribution in [0.1, 0.15) is 17.8 Å². The molecule has 0 spiro atoms. The average Bonchev–Trinajstić information content (AvgIpc) is 2.82. The number of hydrogen-bond acceptors (Lipinski definition) is 3. The molecule has 0 bridgehead atoms. The van der Waals surface area contributed by atoms with E-state index in [1.54, 1.807) is 11.3 Å². The van der Waals surface area contributed by atoms with Gasteiger partial charge < -0.3 is 11.1 Å². The van der Waals surface area contributed by atoms with Crippen LogP contribution in [0.4, 0.5) is 0 Å². The summed E-state index contributed by atoms with van der Waals surface area (Å²) in [5.41, 5.74) is 5.68. The van der Waals surface area contributed by atoms with Crippen molar-refractivity contribution in [3.63, 3.8) is 0 Å². The average molecular weight is 338 g/mol. The molecule has 0 saturated heterocycles. The summed E-state index contributed by atoms with van der Waals surface area (Å²) in [6, 6.07) is 0.582. The second-order valence-corrected chi connectivity index (χ2v) is 4.34. The summed E-state index contributed by atoms with van der Waals surface area (Å²) in [7, 11) is 0. The van der Waals surface area contributed by atoms with Crippen molar-refractivity contribution >= 4 is 41.3 Å². The molecule has 6 heteroatoms. The molecule has 1 aromatic rings. The van der Waals surface area contributed by atoms with Crippen molar-refractivity contribution in [1.82, 2.24) is 10.3 Å². The van der Waals surface area contributed by atoms with Gasteiger partial charge in [0.05, 0.1) is 5.01 Å². The molecule has 2 rings (SSSR count). The number of aliphatic imine (C=N–C) groups is 1. The summed E-state index contributed by atoms with van der Waals surface area (Å²) in [6.07, 6.45) is 5.14. The molecule has 1 fully saturated rings. The molecule has 3 N–H and O–H groups in total. The fourth-order valence-electron chi connectivity index (χ4n) is 1.13. The summed E-state index contributed by atoms with van der Waals surface area (Å²) >= 11 is 1.66. The topological polar surface area (TPSA) is 63.3 Å². The van der Waals surface area contributed by atoms with E-state index >= 15 is 0 Å². The van der Waals surface area contributed by atoms with E-state index in [4.69, 9.17) is 5.73 Å². The number of halogens is 1. The molecule has 0 aliphatic heterocycles. The number of rotatable bonds is 4. The predicted octanol–water partition coefficient (Wildman–Crippen LogP) is 1.37. The fourth-order valence-corrected chi connectivity index (χ4v) is 1.74. The monoisotopic (exact) mass is 338 g/mol. The Labute approximate surface area is 110 Å². The molecule has 4 nitrogen and oxygen atoms in total. The number of nitrogens with one attached hydrogen (secondary N) is 1. The maximum atomic E-state index is 5.68. The zero-order valence-corrected chi connectivity index (χ0v) is 11.5.